The van der Waals surface area contributed by atoms with Gasteiger partial charge >= 0.3 is 0 Å². The minimum atomic E-state index is 0. The molecule has 10 heteroatoms. The van der Waals surface area contributed by atoms with Crippen molar-refractivity contribution in [1.82, 2.24) is 19.9 Å². The monoisotopic (exact) mass is 450 g/mol. The molecule has 4 heterocycles. The largest absolute Gasteiger partial charge is 0.490 e. The van der Waals surface area contributed by atoms with Crippen LogP contribution in [0.15, 0.2) is 36.8 Å². The van der Waals surface area contributed by atoms with Crippen molar-refractivity contribution < 1.29 is 9.47 Å². The van der Waals surface area contributed by atoms with E-state index in [1.807, 2.05) is 24.4 Å². The highest BCUT2D eigenvalue weighted by atomic mass is 35.5. The van der Waals surface area contributed by atoms with E-state index < -0.39 is 0 Å². The molecule has 8 nitrogen and oxygen atoms in total. The van der Waals surface area contributed by atoms with Gasteiger partial charge in [0.05, 0.1) is 30.1 Å². The van der Waals surface area contributed by atoms with Gasteiger partial charge in [0.25, 0.3) is 0 Å². The zero-order valence-corrected chi connectivity index (χ0v) is 18.2. The number of anilines is 1. The predicted octanol–water partition coefficient (Wildman–Crippen LogP) is 2.55. The Labute approximate surface area is 187 Å². The van der Waals surface area contributed by atoms with E-state index in [-0.39, 0.29) is 24.8 Å². The normalized spacial score (nSPS) is 13.3. The Morgan fingerprint density at radius 3 is 2.63 bits per heavy atom. The van der Waals surface area contributed by atoms with Crippen LogP contribution >= 0.6 is 24.8 Å². The van der Waals surface area contributed by atoms with Gasteiger partial charge in [-0.1, -0.05) is 0 Å². The van der Waals surface area contributed by atoms with Gasteiger partial charge in [-0.25, -0.2) is 9.50 Å². The SMILES string of the molecule is COCCOc1cc(-c2ccc(N3CCNCC3)nc2)c2c(C#N)cnn2c1.Cl.Cl. The number of methoxy groups -OCH3 is 1. The van der Waals surface area contributed by atoms with E-state index in [9.17, 15) is 5.26 Å². The lowest BCUT2D eigenvalue weighted by Gasteiger charge is -2.28. The van der Waals surface area contributed by atoms with Crippen LogP contribution in [0.2, 0.25) is 0 Å². The van der Waals surface area contributed by atoms with Gasteiger partial charge in [0, 0.05) is 50.6 Å². The Morgan fingerprint density at radius 1 is 1.17 bits per heavy atom. The third-order valence-electron chi connectivity index (χ3n) is 4.76. The van der Waals surface area contributed by atoms with E-state index in [1.165, 1.54) is 0 Å². The average Bonchev–Trinajstić information content (AvgIpc) is 3.17. The Balaban J connectivity index is 0.00000160. The van der Waals surface area contributed by atoms with E-state index in [4.69, 9.17) is 9.47 Å². The summed E-state index contributed by atoms with van der Waals surface area (Å²) in [6.45, 7) is 4.75. The number of hydrogen-bond donors (Lipinski definition) is 1. The highest BCUT2D eigenvalue weighted by molar-refractivity contribution is 5.86. The molecule has 0 bridgehead atoms. The third-order valence-corrected chi connectivity index (χ3v) is 4.76. The highest BCUT2D eigenvalue weighted by Gasteiger charge is 2.15. The van der Waals surface area contributed by atoms with Crippen molar-refractivity contribution >= 4 is 36.1 Å². The number of aromatic nitrogens is 3. The summed E-state index contributed by atoms with van der Waals surface area (Å²) < 4.78 is 12.5. The number of hydrogen-bond acceptors (Lipinski definition) is 7. The summed E-state index contributed by atoms with van der Waals surface area (Å²) in [5, 5.41) is 17.1. The number of halogens is 2. The van der Waals surface area contributed by atoms with Crippen LogP contribution < -0.4 is 15.0 Å². The van der Waals surface area contributed by atoms with Crippen LogP contribution in [-0.2, 0) is 4.74 Å². The summed E-state index contributed by atoms with van der Waals surface area (Å²) in [4.78, 5) is 6.92. The van der Waals surface area contributed by atoms with Crippen LogP contribution in [0.5, 0.6) is 5.75 Å². The number of nitrogens with zero attached hydrogens (tertiary/aromatic N) is 5. The summed E-state index contributed by atoms with van der Waals surface area (Å²) >= 11 is 0. The van der Waals surface area contributed by atoms with Crippen molar-refractivity contribution in [1.29, 1.82) is 5.26 Å². The second-order valence-electron chi connectivity index (χ2n) is 6.54. The van der Waals surface area contributed by atoms with Crippen LogP contribution in [0.3, 0.4) is 0 Å². The predicted molar refractivity (Wildman–Crippen MR) is 120 cm³/mol. The standard InChI is InChI=1S/C20H22N6O2.2ClH/c1-27-8-9-28-17-10-18(20-16(11-21)13-24-26(20)14-17)15-2-3-19(23-12-15)25-6-4-22-5-7-25;;/h2-3,10,12-14,22H,4-9H2,1H3;2*1H. The first-order chi connectivity index (χ1) is 13.8. The van der Waals surface area contributed by atoms with Crippen LogP contribution in [0.25, 0.3) is 16.6 Å². The van der Waals surface area contributed by atoms with E-state index in [0.29, 0.717) is 24.5 Å². The van der Waals surface area contributed by atoms with Crippen molar-refractivity contribution in [3.05, 3.63) is 42.4 Å². The average molecular weight is 451 g/mol. The molecule has 0 unspecified atom stereocenters. The molecule has 0 atom stereocenters. The smallest absolute Gasteiger partial charge is 0.138 e. The van der Waals surface area contributed by atoms with Crippen molar-refractivity contribution in [2.45, 2.75) is 0 Å². The van der Waals surface area contributed by atoms with Crippen molar-refractivity contribution in [3.63, 3.8) is 0 Å². The molecule has 0 aromatic carbocycles. The zero-order valence-electron chi connectivity index (χ0n) is 16.6. The molecule has 0 saturated carbocycles. The summed E-state index contributed by atoms with van der Waals surface area (Å²) in [6, 6.07) is 8.20. The van der Waals surface area contributed by atoms with Gasteiger partial charge in [-0.2, -0.15) is 10.4 Å². The molecule has 1 aliphatic rings. The van der Waals surface area contributed by atoms with Crippen molar-refractivity contribution in [3.8, 4) is 22.9 Å². The van der Waals surface area contributed by atoms with E-state index in [2.05, 4.69) is 26.4 Å². The number of nitrogens with one attached hydrogen (secondary N) is 1. The highest BCUT2D eigenvalue weighted by Crippen LogP contribution is 2.31. The number of pyridine rings is 2. The van der Waals surface area contributed by atoms with Gasteiger partial charge in [0.1, 0.15) is 24.2 Å². The fourth-order valence-corrected chi connectivity index (χ4v) is 3.35. The number of piperazine rings is 1. The van der Waals surface area contributed by atoms with Gasteiger partial charge in [-0.3, -0.25) is 0 Å². The molecule has 0 amide bonds. The molecule has 0 radical (unpaired) electrons. The van der Waals surface area contributed by atoms with Crippen molar-refractivity contribution in [2.75, 3.05) is 51.4 Å². The molecule has 30 heavy (non-hydrogen) atoms. The number of rotatable bonds is 6. The lowest BCUT2D eigenvalue weighted by molar-refractivity contribution is 0.146. The molecule has 1 saturated heterocycles. The first-order valence-corrected chi connectivity index (χ1v) is 9.25. The quantitative estimate of drug-likeness (QED) is 0.577. The fourth-order valence-electron chi connectivity index (χ4n) is 3.35. The molecule has 4 rings (SSSR count). The topological polar surface area (TPSA) is 87.7 Å². The Kier molecular flexibility index (Phi) is 8.69. The lowest BCUT2D eigenvalue weighted by Crippen LogP contribution is -2.43. The molecular formula is C20H24Cl2N6O2. The van der Waals surface area contributed by atoms with Crippen molar-refractivity contribution in [2.24, 2.45) is 0 Å². The molecule has 0 spiro atoms. The molecular weight excluding hydrogens is 427 g/mol. The Morgan fingerprint density at radius 2 is 1.97 bits per heavy atom. The summed E-state index contributed by atoms with van der Waals surface area (Å²) in [7, 11) is 1.64. The summed E-state index contributed by atoms with van der Waals surface area (Å²) in [6.07, 6.45) is 5.19. The van der Waals surface area contributed by atoms with Gasteiger partial charge in [-0.15, -0.1) is 24.8 Å². The van der Waals surface area contributed by atoms with Crippen LogP contribution in [0.1, 0.15) is 5.56 Å². The minimum absolute atomic E-state index is 0. The van der Waals surface area contributed by atoms with Gasteiger partial charge in [0.15, 0.2) is 0 Å². The number of fused-ring (bicyclic) bond motifs is 1. The molecule has 3 aromatic heterocycles. The van der Waals surface area contributed by atoms with E-state index in [0.717, 1.165) is 48.6 Å². The van der Waals surface area contributed by atoms with Gasteiger partial charge < -0.3 is 19.7 Å². The number of ether oxygens (including phenoxy) is 2. The fraction of sp³-hybridized carbons (Fsp3) is 0.350. The maximum Gasteiger partial charge on any atom is 0.138 e. The van der Waals surface area contributed by atoms with Crippen LogP contribution in [-0.4, -0.2) is 61.1 Å². The zero-order chi connectivity index (χ0) is 19.3. The third kappa shape index (κ3) is 4.94. The molecule has 1 N–H and O–H groups in total. The first kappa shape index (κ1) is 23.7. The maximum atomic E-state index is 9.47. The first-order valence-electron chi connectivity index (χ1n) is 9.25. The maximum absolute atomic E-state index is 9.47. The molecule has 1 fully saturated rings. The molecule has 1 aliphatic heterocycles. The summed E-state index contributed by atoms with van der Waals surface area (Å²) in [5.74, 6) is 1.63. The van der Waals surface area contributed by atoms with Gasteiger partial charge in [0.2, 0.25) is 0 Å². The summed E-state index contributed by atoms with van der Waals surface area (Å²) in [5.41, 5.74) is 3.05. The second-order valence-corrected chi connectivity index (χ2v) is 6.54. The second kappa shape index (κ2) is 11.0. The van der Waals surface area contributed by atoms with E-state index >= 15 is 0 Å². The van der Waals surface area contributed by atoms with Gasteiger partial charge in [-0.05, 0) is 18.2 Å². The van der Waals surface area contributed by atoms with E-state index in [1.54, 1.807) is 24.0 Å². The molecule has 0 aliphatic carbocycles. The number of nitriles is 1. The van der Waals surface area contributed by atoms with Crippen LogP contribution in [0.4, 0.5) is 5.82 Å². The van der Waals surface area contributed by atoms with Crippen LogP contribution in [0, 0.1) is 11.3 Å². The Bertz CT molecular complexity index is 997. The molecule has 160 valence electrons. The lowest BCUT2D eigenvalue weighted by atomic mass is 10.1. The Hall–Kier alpha value is -2.57. The minimum Gasteiger partial charge on any atom is -0.490 e. The molecule has 3 aromatic rings.